The molecule has 2 heterocycles. The van der Waals surface area contributed by atoms with E-state index in [1.807, 2.05) is 0 Å². The Bertz CT molecular complexity index is 1050. The highest BCUT2D eigenvalue weighted by atomic mass is 19.1. The van der Waals surface area contributed by atoms with Gasteiger partial charge in [-0.15, -0.1) is 6.42 Å². The second-order valence-corrected chi connectivity index (χ2v) is 9.46. The van der Waals surface area contributed by atoms with Gasteiger partial charge in [-0.2, -0.15) is 14.4 Å². The number of aliphatic carboxylic acids is 1. The average molecular weight is 550 g/mol. The standard InChI is InChI=1S/C20H28FN5O3.C8H16O2/c1-4-6-7-8-9-10-15(27)29-13-20(5-2,28-3)11-12-26-14-23-16-17(22)24-19(21)25-18(16)26;1-2-3-4-5-6-7-8(9)10/h2,14H,4,6-13H2,1,3H3,(H2,22,24,25);2-7H2,1H3,(H,9,10). The molecular formula is C28H44FN5O5. The average Bonchev–Trinajstić information content (AvgIpc) is 3.32. The summed E-state index contributed by atoms with van der Waals surface area (Å²) in [4.78, 5) is 33.3. The molecule has 0 spiro atoms. The molecule has 218 valence electrons. The van der Waals surface area contributed by atoms with Gasteiger partial charge >= 0.3 is 18.0 Å². The van der Waals surface area contributed by atoms with Gasteiger partial charge in [0.2, 0.25) is 0 Å². The van der Waals surface area contributed by atoms with Crippen LogP contribution in [0.25, 0.3) is 11.2 Å². The lowest BCUT2D eigenvalue weighted by atomic mass is 10.0. The molecule has 1 atom stereocenters. The van der Waals surface area contributed by atoms with Crippen LogP contribution in [0.1, 0.15) is 97.3 Å². The molecule has 2 rings (SSSR count). The third kappa shape index (κ3) is 12.9. The lowest BCUT2D eigenvalue weighted by molar-refractivity contribution is -0.150. The number of carboxylic acids is 1. The lowest BCUT2D eigenvalue weighted by Crippen LogP contribution is -2.37. The Kier molecular flexibility index (Phi) is 16.4. The molecule has 0 radical (unpaired) electrons. The van der Waals surface area contributed by atoms with Crippen LogP contribution in [0.5, 0.6) is 0 Å². The summed E-state index contributed by atoms with van der Waals surface area (Å²) in [5.74, 6) is 1.57. The Morgan fingerprint density at radius 1 is 1.08 bits per heavy atom. The van der Waals surface area contributed by atoms with Gasteiger partial charge in [0.25, 0.3) is 0 Å². The number of halogens is 1. The first-order valence-electron chi connectivity index (χ1n) is 13.8. The molecule has 0 bridgehead atoms. The van der Waals surface area contributed by atoms with Gasteiger partial charge in [-0.1, -0.05) is 71.1 Å². The van der Waals surface area contributed by atoms with Crippen LogP contribution >= 0.6 is 0 Å². The maximum atomic E-state index is 13.5. The summed E-state index contributed by atoms with van der Waals surface area (Å²) in [5, 5.41) is 8.27. The Balaban J connectivity index is 0.000000646. The van der Waals surface area contributed by atoms with Gasteiger partial charge in [-0.25, -0.2) is 4.98 Å². The number of imidazole rings is 1. The summed E-state index contributed by atoms with van der Waals surface area (Å²) >= 11 is 0. The molecule has 2 aromatic rings. The smallest absolute Gasteiger partial charge is 0.312 e. The molecule has 0 aromatic carbocycles. The van der Waals surface area contributed by atoms with Crippen molar-refractivity contribution in [3.63, 3.8) is 0 Å². The minimum absolute atomic E-state index is 0.0333. The van der Waals surface area contributed by atoms with Crippen LogP contribution < -0.4 is 5.73 Å². The first-order chi connectivity index (χ1) is 18.7. The number of unbranched alkanes of at least 4 members (excludes halogenated alkanes) is 8. The highest BCUT2D eigenvalue weighted by Gasteiger charge is 2.30. The molecule has 1 unspecified atom stereocenters. The maximum absolute atomic E-state index is 13.5. The van der Waals surface area contributed by atoms with E-state index in [4.69, 9.17) is 26.7 Å². The highest BCUT2D eigenvalue weighted by Crippen LogP contribution is 2.21. The zero-order valence-corrected chi connectivity index (χ0v) is 23.6. The number of hydrogen-bond acceptors (Lipinski definition) is 8. The zero-order valence-electron chi connectivity index (χ0n) is 23.6. The molecule has 3 N–H and O–H groups in total. The van der Waals surface area contributed by atoms with Gasteiger partial charge in [0, 0.05) is 32.9 Å². The number of terminal acetylenes is 1. The van der Waals surface area contributed by atoms with Crippen molar-refractivity contribution in [1.82, 2.24) is 19.5 Å². The topological polar surface area (TPSA) is 142 Å². The van der Waals surface area contributed by atoms with E-state index in [9.17, 15) is 14.0 Å². The predicted molar refractivity (Wildman–Crippen MR) is 148 cm³/mol. The summed E-state index contributed by atoms with van der Waals surface area (Å²) in [5.41, 5.74) is 5.14. The van der Waals surface area contributed by atoms with Crippen molar-refractivity contribution in [3.05, 3.63) is 12.4 Å². The van der Waals surface area contributed by atoms with E-state index in [1.165, 1.54) is 39.1 Å². The second-order valence-electron chi connectivity index (χ2n) is 9.46. The fourth-order valence-corrected chi connectivity index (χ4v) is 3.83. The third-order valence-corrected chi connectivity index (χ3v) is 6.32. The van der Waals surface area contributed by atoms with Crippen LogP contribution in [0.15, 0.2) is 6.33 Å². The van der Waals surface area contributed by atoms with E-state index in [2.05, 4.69) is 34.7 Å². The highest BCUT2D eigenvalue weighted by molar-refractivity contribution is 5.81. The molecule has 0 fully saturated rings. The van der Waals surface area contributed by atoms with Gasteiger partial charge in [-0.3, -0.25) is 9.59 Å². The zero-order chi connectivity index (χ0) is 29.1. The van der Waals surface area contributed by atoms with Crippen molar-refractivity contribution in [2.45, 2.75) is 109 Å². The van der Waals surface area contributed by atoms with Gasteiger partial charge in [0.1, 0.15) is 12.1 Å². The lowest BCUT2D eigenvalue weighted by Gasteiger charge is -2.26. The van der Waals surface area contributed by atoms with Gasteiger partial charge in [-0.05, 0) is 12.8 Å². The molecule has 0 aliphatic rings. The van der Waals surface area contributed by atoms with Gasteiger partial charge < -0.3 is 24.9 Å². The quantitative estimate of drug-likeness (QED) is 0.110. The van der Waals surface area contributed by atoms with Crippen LogP contribution in [-0.4, -0.2) is 55.9 Å². The van der Waals surface area contributed by atoms with Gasteiger partial charge in [0.15, 0.2) is 17.1 Å². The van der Waals surface area contributed by atoms with Crippen LogP contribution in [0, 0.1) is 18.4 Å². The number of nitrogens with two attached hydrogens (primary N) is 1. The van der Waals surface area contributed by atoms with Crippen LogP contribution in [0.4, 0.5) is 10.2 Å². The number of nitrogen functional groups attached to an aromatic ring is 1. The van der Waals surface area contributed by atoms with E-state index in [-0.39, 0.29) is 24.0 Å². The molecule has 0 saturated heterocycles. The number of aryl methyl sites for hydroxylation is 1. The fraction of sp³-hybridized carbons (Fsp3) is 0.679. The molecule has 2 aromatic heterocycles. The fourth-order valence-electron chi connectivity index (χ4n) is 3.83. The summed E-state index contributed by atoms with van der Waals surface area (Å²) in [6.07, 6.45) is 18.0. The van der Waals surface area contributed by atoms with E-state index >= 15 is 0 Å². The Labute approximate surface area is 230 Å². The maximum Gasteiger partial charge on any atom is 0.312 e. The first kappa shape index (κ1) is 33.8. The number of anilines is 1. The van der Waals surface area contributed by atoms with Crippen molar-refractivity contribution in [1.29, 1.82) is 0 Å². The van der Waals surface area contributed by atoms with E-state index in [0.29, 0.717) is 31.3 Å². The summed E-state index contributed by atoms with van der Waals surface area (Å²) in [6.45, 7) is 4.55. The normalized spacial score (nSPS) is 12.3. The number of carbonyl (C=O) groups excluding carboxylic acids is 1. The molecule has 11 heteroatoms. The number of hydrogen-bond donors (Lipinski definition) is 2. The van der Waals surface area contributed by atoms with Crippen LogP contribution in [0.2, 0.25) is 0 Å². The molecular weight excluding hydrogens is 505 g/mol. The van der Waals surface area contributed by atoms with Gasteiger partial charge in [0.05, 0.1) is 6.33 Å². The third-order valence-electron chi connectivity index (χ3n) is 6.32. The number of nitrogens with zero attached hydrogens (tertiary/aromatic N) is 4. The minimum Gasteiger partial charge on any atom is -0.481 e. The largest absolute Gasteiger partial charge is 0.481 e. The van der Waals surface area contributed by atoms with Crippen molar-refractivity contribution < 1.29 is 28.6 Å². The van der Waals surface area contributed by atoms with E-state index in [1.54, 1.807) is 4.57 Å². The summed E-state index contributed by atoms with van der Waals surface area (Å²) < 4.78 is 25.9. The molecule has 39 heavy (non-hydrogen) atoms. The Hall–Kier alpha value is -3.26. The van der Waals surface area contributed by atoms with Crippen LogP contribution in [-0.2, 0) is 25.6 Å². The molecule has 10 nitrogen and oxygen atoms in total. The van der Waals surface area contributed by atoms with Crippen LogP contribution in [0.3, 0.4) is 0 Å². The molecule has 0 aliphatic heterocycles. The van der Waals surface area contributed by atoms with E-state index < -0.39 is 17.6 Å². The summed E-state index contributed by atoms with van der Waals surface area (Å²) in [7, 11) is 1.46. The monoisotopic (exact) mass is 549 g/mol. The van der Waals surface area contributed by atoms with Crippen molar-refractivity contribution in [2.24, 2.45) is 0 Å². The summed E-state index contributed by atoms with van der Waals surface area (Å²) in [6, 6.07) is 0. The molecule has 0 aliphatic carbocycles. The minimum atomic E-state index is -1.11. The number of fused-ring (bicyclic) bond motifs is 1. The number of methoxy groups -OCH3 is 1. The SMILES string of the molecule is C#CC(CCn1cnc2c(N)nc(F)nc21)(COC(=O)CCCCCCC)OC.CCCCCCCC(=O)O. The van der Waals surface area contributed by atoms with Crippen molar-refractivity contribution in [2.75, 3.05) is 19.5 Å². The number of esters is 1. The predicted octanol–water partition coefficient (Wildman–Crippen LogP) is 5.29. The second kappa shape index (κ2) is 18.9. The number of rotatable bonds is 18. The van der Waals surface area contributed by atoms with Crippen molar-refractivity contribution in [3.8, 4) is 12.3 Å². The number of aromatic nitrogens is 4. The van der Waals surface area contributed by atoms with E-state index in [0.717, 1.165) is 38.5 Å². The first-order valence-corrected chi connectivity index (χ1v) is 13.8. The number of carbonyl (C=O) groups is 2. The number of ether oxygens (including phenoxy) is 2. The molecule has 0 saturated carbocycles. The Morgan fingerprint density at radius 2 is 1.69 bits per heavy atom. The Morgan fingerprint density at radius 3 is 2.26 bits per heavy atom. The molecule has 0 amide bonds. The number of carboxylic acid groups (broad SMARTS) is 1. The van der Waals surface area contributed by atoms with Crippen molar-refractivity contribution >= 4 is 28.9 Å².